The van der Waals surface area contributed by atoms with Gasteiger partial charge in [0.15, 0.2) is 17.3 Å². The summed E-state index contributed by atoms with van der Waals surface area (Å²) in [6.07, 6.45) is 0.802. The van der Waals surface area contributed by atoms with Crippen molar-refractivity contribution in [2.45, 2.75) is 37.8 Å². The van der Waals surface area contributed by atoms with Crippen molar-refractivity contribution in [3.05, 3.63) is 79.8 Å². The van der Waals surface area contributed by atoms with Crippen LogP contribution in [-0.2, 0) is 22.6 Å². The number of methoxy groups -OCH3 is 2. The Morgan fingerprint density at radius 3 is 2.73 bits per heavy atom. The van der Waals surface area contributed by atoms with E-state index in [-0.39, 0.29) is 23.7 Å². The van der Waals surface area contributed by atoms with Crippen molar-refractivity contribution in [1.29, 1.82) is 0 Å². The van der Waals surface area contributed by atoms with Crippen LogP contribution in [-0.4, -0.2) is 61.1 Å². The van der Waals surface area contributed by atoms with Gasteiger partial charge in [-0.2, -0.15) is 0 Å². The summed E-state index contributed by atoms with van der Waals surface area (Å²) in [6, 6.07) is 10.1. The van der Waals surface area contributed by atoms with Crippen LogP contribution in [0.15, 0.2) is 50.4 Å². The number of esters is 1. The molecular weight excluding hydrogens is 532 g/mol. The number of carbonyl (C=O) groups is 1. The summed E-state index contributed by atoms with van der Waals surface area (Å²) < 4.78 is 30.0. The molecule has 11 heteroatoms. The summed E-state index contributed by atoms with van der Waals surface area (Å²) in [5, 5.41) is 10.9. The van der Waals surface area contributed by atoms with Gasteiger partial charge in [-0.1, -0.05) is 6.07 Å². The predicted octanol–water partition coefficient (Wildman–Crippen LogP) is 2.60. The number of pyridine rings is 1. The van der Waals surface area contributed by atoms with Crippen molar-refractivity contribution >= 4 is 5.97 Å². The molecule has 5 heterocycles. The standard InChI is InChI=1S/C30H32N2O9/c1-37-24-9-18(10-25-30(24)40-7-6-39-25)21(12-27(35)38-2)29-28(36)23(33)11-20(41-29)16-31-13-17-8-19(15-31)22-4-3-5-26(34)32(22)14-17/h3-5,9-11,17,19,21,36H,6-8,12-16H2,1-2H3/t17-,19+,21-/m1/s1. The second-order valence-electron chi connectivity index (χ2n) is 10.8. The second kappa shape index (κ2) is 11.0. The Labute approximate surface area is 235 Å². The molecule has 3 aliphatic rings. The molecule has 2 aromatic heterocycles. The average Bonchev–Trinajstić information content (AvgIpc) is 2.97. The minimum absolute atomic E-state index is 0.0206. The highest BCUT2D eigenvalue weighted by Crippen LogP contribution is 2.45. The van der Waals surface area contributed by atoms with Gasteiger partial charge in [0.1, 0.15) is 19.0 Å². The number of likely N-dealkylation sites (tertiary alicyclic amines) is 1. The molecule has 6 rings (SSSR count). The van der Waals surface area contributed by atoms with Gasteiger partial charge < -0.3 is 33.0 Å². The molecule has 0 unspecified atom stereocenters. The molecule has 3 aromatic rings. The van der Waals surface area contributed by atoms with Crippen LogP contribution in [0.3, 0.4) is 0 Å². The number of rotatable bonds is 7. The van der Waals surface area contributed by atoms with Crippen LogP contribution in [0.4, 0.5) is 0 Å². The largest absolute Gasteiger partial charge is 0.502 e. The predicted molar refractivity (Wildman–Crippen MR) is 146 cm³/mol. The Morgan fingerprint density at radius 2 is 1.93 bits per heavy atom. The summed E-state index contributed by atoms with van der Waals surface area (Å²) in [5.41, 5.74) is 0.973. The van der Waals surface area contributed by atoms with Gasteiger partial charge in [-0.25, -0.2) is 0 Å². The number of ether oxygens (including phenoxy) is 4. The number of hydrogen-bond acceptors (Lipinski definition) is 10. The second-order valence-corrected chi connectivity index (χ2v) is 10.8. The van der Waals surface area contributed by atoms with Crippen LogP contribution in [0.5, 0.6) is 23.0 Å². The van der Waals surface area contributed by atoms with Gasteiger partial charge in [0.25, 0.3) is 5.56 Å². The number of hydrogen-bond donors (Lipinski definition) is 1. The molecular formula is C30H32N2O9. The number of carbonyl (C=O) groups excluding carboxylic acids is 1. The van der Waals surface area contributed by atoms with Crippen LogP contribution < -0.4 is 25.2 Å². The van der Waals surface area contributed by atoms with Crippen LogP contribution >= 0.6 is 0 Å². The Balaban J connectivity index is 1.34. The van der Waals surface area contributed by atoms with E-state index in [2.05, 4.69) is 4.90 Å². The molecule has 1 N–H and O–H groups in total. The van der Waals surface area contributed by atoms with Gasteiger partial charge in [-0.15, -0.1) is 0 Å². The summed E-state index contributed by atoms with van der Waals surface area (Å²) in [4.78, 5) is 40.1. The van der Waals surface area contributed by atoms with Crippen molar-refractivity contribution in [3.8, 4) is 23.0 Å². The van der Waals surface area contributed by atoms with E-state index < -0.39 is 23.1 Å². The third-order valence-corrected chi connectivity index (χ3v) is 8.10. The van der Waals surface area contributed by atoms with E-state index in [4.69, 9.17) is 23.4 Å². The Hall–Kier alpha value is -4.25. The van der Waals surface area contributed by atoms with Crippen molar-refractivity contribution in [1.82, 2.24) is 9.47 Å². The summed E-state index contributed by atoms with van der Waals surface area (Å²) >= 11 is 0. The first-order valence-electron chi connectivity index (χ1n) is 13.7. The molecule has 0 saturated carbocycles. The summed E-state index contributed by atoms with van der Waals surface area (Å²) in [5.74, 6) is 0.103. The fraction of sp³-hybridized carbons (Fsp3) is 0.433. The third-order valence-electron chi connectivity index (χ3n) is 8.10. The lowest BCUT2D eigenvalue weighted by molar-refractivity contribution is -0.140. The third kappa shape index (κ3) is 5.17. The first-order chi connectivity index (χ1) is 19.8. The van der Waals surface area contributed by atoms with Crippen LogP contribution in [0, 0.1) is 5.92 Å². The first-order valence-corrected chi connectivity index (χ1v) is 13.7. The normalized spacial score (nSPS) is 20.1. The van der Waals surface area contributed by atoms with Crippen molar-refractivity contribution < 1.29 is 33.3 Å². The lowest BCUT2D eigenvalue weighted by Gasteiger charge is -2.42. The van der Waals surface area contributed by atoms with Crippen LogP contribution in [0.25, 0.3) is 0 Å². The van der Waals surface area contributed by atoms with E-state index in [1.165, 1.54) is 20.3 Å². The maximum atomic E-state index is 13.0. The van der Waals surface area contributed by atoms with Crippen LogP contribution in [0.1, 0.15) is 47.5 Å². The molecule has 0 amide bonds. The molecule has 0 radical (unpaired) electrons. The van der Waals surface area contributed by atoms with Crippen molar-refractivity contribution in [3.63, 3.8) is 0 Å². The van der Waals surface area contributed by atoms with Gasteiger partial charge in [-0.05, 0) is 36.1 Å². The fourth-order valence-electron chi connectivity index (χ4n) is 6.32. The molecule has 3 atom stereocenters. The molecule has 1 fully saturated rings. The first kappa shape index (κ1) is 26.9. The van der Waals surface area contributed by atoms with E-state index in [0.717, 1.165) is 18.7 Å². The number of fused-ring (bicyclic) bond motifs is 5. The van der Waals surface area contributed by atoms with E-state index >= 15 is 0 Å². The summed E-state index contributed by atoms with van der Waals surface area (Å²) in [6.45, 7) is 3.13. The lowest BCUT2D eigenvalue weighted by Crippen LogP contribution is -2.46. The average molecular weight is 565 g/mol. The topological polar surface area (TPSA) is 130 Å². The van der Waals surface area contributed by atoms with Gasteiger partial charge in [0.05, 0.1) is 33.1 Å². The Bertz CT molecular complexity index is 1580. The molecule has 0 aliphatic carbocycles. The highest BCUT2D eigenvalue weighted by Gasteiger charge is 2.35. The monoisotopic (exact) mass is 564 g/mol. The number of aromatic hydroxyl groups is 1. The number of benzene rings is 1. The highest BCUT2D eigenvalue weighted by molar-refractivity contribution is 5.71. The van der Waals surface area contributed by atoms with Gasteiger partial charge in [0, 0.05) is 43.4 Å². The minimum atomic E-state index is -0.862. The minimum Gasteiger partial charge on any atom is -0.502 e. The zero-order valence-corrected chi connectivity index (χ0v) is 23.0. The quantitative estimate of drug-likeness (QED) is 0.428. The molecule has 2 bridgehead atoms. The Morgan fingerprint density at radius 1 is 1.10 bits per heavy atom. The SMILES string of the molecule is COC(=O)C[C@H](c1cc(OC)c2c(c1)OCCO2)c1oc(CN2C[C@H]3C[C@@H](C2)c2cccc(=O)n2C3)cc(=O)c1O. The molecule has 1 aromatic carbocycles. The van der Waals surface area contributed by atoms with Crippen molar-refractivity contribution in [2.75, 3.05) is 40.5 Å². The van der Waals surface area contributed by atoms with E-state index in [9.17, 15) is 19.5 Å². The maximum Gasteiger partial charge on any atom is 0.306 e. The Kier molecular flexibility index (Phi) is 7.21. The van der Waals surface area contributed by atoms with Gasteiger partial charge >= 0.3 is 5.97 Å². The number of piperidine rings is 1. The molecule has 1 saturated heterocycles. The van der Waals surface area contributed by atoms with E-state index in [1.807, 2.05) is 10.6 Å². The molecule has 41 heavy (non-hydrogen) atoms. The number of aromatic nitrogens is 1. The van der Waals surface area contributed by atoms with Crippen LogP contribution in [0.2, 0.25) is 0 Å². The molecule has 11 nitrogen and oxygen atoms in total. The zero-order valence-electron chi connectivity index (χ0n) is 23.0. The molecule has 0 spiro atoms. The smallest absolute Gasteiger partial charge is 0.306 e. The van der Waals surface area contributed by atoms with Crippen molar-refractivity contribution in [2.24, 2.45) is 5.92 Å². The lowest BCUT2D eigenvalue weighted by atomic mass is 9.83. The summed E-state index contributed by atoms with van der Waals surface area (Å²) in [7, 11) is 2.77. The van der Waals surface area contributed by atoms with Gasteiger partial charge in [0.2, 0.25) is 16.9 Å². The molecule has 3 aliphatic heterocycles. The molecule has 216 valence electrons. The zero-order chi connectivity index (χ0) is 28.7. The number of nitrogens with zero attached hydrogens (tertiary/aromatic N) is 2. The highest BCUT2D eigenvalue weighted by atomic mass is 16.6. The fourth-order valence-corrected chi connectivity index (χ4v) is 6.32. The van der Waals surface area contributed by atoms with E-state index in [0.29, 0.717) is 67.3 Å². The van der Waals surface area contributed by atoms with E-state index in [1.54, 1.807) is 24.3 Å². The maximum absolute atomic E-state index is 13.0. The van der Waals surface area contributed by atoms with Gasteiger partial charge in [-0.3, -0.25) is 19.3 Å².